The molecule has 2 heterocycles. The van der Waals surface area contributed by atoms with Crippen molar-refractivity contribution in [3.63, 3.8) is 0 Å². The number of ether oxygens (including phenoxy) is 2. The van der Waals surface area contributed by atoms with E-state index in [1.807, 2.05) is 26.0 Å². The van der Waals surface area contributed by atoms with E-state index in [0.717, 1.165) is 17.7 Å². The van der Waals surface area contributed by atoms with E-state index in [2.05, 4.69) is 15.1 Å². The summed E-state index contributed by atoms with van der Waals surface area (Å²) in [5, 5.41) is 4.81. The lowest BCUT2D eigenvalue weighted by Gasteiger charge is -2.22. The van der Waals surface area contributed by atoms with Gasteiger partial charge in [0.05, 0.1) is 42.8 Å². The van der Waals surface area contributed by atoms with Crippen LogP contribution in [0.1, 0.15) is 48.8 Å². The van der Waals surface area contributed by atoms with E-state index in [4.69, 9.17) is 21.7 Å². The Hall–Kier alpha value is -4.56. The first kappa shape index (κ1) is 33.8. The number of thioether (sulfide) groups is 1. The summed E-state index contributed by atoms with van der Waals surface area (Å²) in [7, 11) is 2.85. The average Bonchev–Trinajstić information content (AvgIpc) is 3.69. The molecule has 1 atom stereocenters. The lowest BCUT2D eigenvalue weighted by molar-refractivity contribution is -0.142. The van der Waals surface area contributed by atoms with Crippen LogP contribution in [0.4, 0.5) is 18.9 Å². The normalized spacial score (nSPS) is 14.9. The molecule has 3 aromatic carbocycles. The van der Waals surface area contributed by atoms with Gasteiger partial charge < -0.3 is 9.47 Å². The summed E-state index contributed by atoms with van der Waals surface area (Å²) < 4.78 is 50.7. The van der Waals surface area contributed by atoms with Gasteiger partial charge in [0.25, 0.3) is 0 Å². The summed E-state index contributed by atoms with van der Waals surface area (Å²) in [6.07, 6.45) is -2.97. The van der Waals surface area contributed by atoms with Crippen molar-refractivity contribution >= 4 is 51.7 Å². The number of carbonyl (C=O) groups excluding carboxylic acids is 2. The molecular weight excluding hydrogens is 652 g/mol. The minimum absolute atomic E-state index is 0.0589. The Morgan fingerprint density at radius 3 is 2.38 bits per heavy atom. The number of carbonyl (C=O) groups is 2. The number of benzene rings is 3. The Morgan fingerprint density at radius 1 is 1.06 bits per heavy atom. The molecule has 1 saturated heterocycles. The molecule has 0 N–H and O–H groups in total. The van der Waals surface area contributed by atoms with Crippen LogP contribution < -0.4 is 9.64 Å². The number of aliphatic imine (C=N–C) groups is 1. The fourth-order valence-electron chi connectivity index (χ4n) is 5.01. The van der Waals surface area contributed by atoms with Gasteiger partial charge >= 0.3 is 12.1 Å². The molecule has 1 fully saturated rings. The number of anilines is 1. The molecule has 1 aromatic heterocycles. The van der Waals surface area contributed by atoms with Gasteiger partial charge in [-0.15, -0.1) is 5.10 Å². The number of rotatable bonds is 9. The number of methoxy groups -OCH3 is 2. The number of nitrogens with zero attached hydrogens (tertiary/aromatic N) is 5. The van der Waals surface area contributed by atoms with Crippen molar-refractivity contribution in [3.8, 4) is 22.8 Å². The molecule has 1 aliphatic heterocycles. The fourth-order valence-corrected chi connectivity index (χ4v) is 6.20. The number of halogens is 3. The standard InChI is InChI=1S/C33H30F3N5O4S2/c1-19(2)25-14-13-24(44-3)15-27(25)41-29(42)17-47-32(41)38-28(46)16-26(31(43)45-4)20-5-7-21(8-6-20)30-37-18-40(39-30)23-11-9-22(10-12-23)33(34,35)36/h5-15,18-19,26H,16-17H2,1-4H3. The molecule has 9 nitrogen and oxygen atoms in total. The largest absolute Gasteiger partial charge is 0.497 e. The van der Waals surface area contributed by atoms with Crippen LogP contribution in [0.2, 0.25) is 0 Å². The van der Waals surface area contributed by atoms with Gasteiger partial charge in [-0.05, 0) is 47.4 Å². The van der Waals surface area contributed by atoms with Crippen molar-refractivity contribution in [2.75, 3.05) is 24.9 Å². The van der Waals surface area contributed by atoms with Crippen LogP contribution >= 0.6 is 24.0 Å². The summed E-state index contributed by atoms with van der Waals surface area (Å²) in [5.74, 6) is -0.153. The van der Waals surface area contributed by atoms with E-state index < -0.39 is 23.6 Å². The number of thiocarbonyl (C=S) groups is 1. The van der Waals surface area contributed by atoms with Crippen molar-refractivity contribution in [2.24, 2.45) is 4.99 Å². The van der Waals surface area contributed by atoms with Crippen molar-refractivity contribution in [1.82, 2.24) is 14.8 Å². The number of alkyl halides is 3. The summed E-state index contributed by atoms with van der Waals surface area (Å²) in [5.41, 5.74) is 2.53. The van der Waals surface area contributed by atoms with Crippen LogP contribution in [0.5, 0.6) is 5.75 Å². The van der Waals surface area contributed by atoms with Crippen molar-refractivity contribution < 1.29 is 32.2 Å². The zero-order chi connectivity index (χ0) is 33.9. The van der Waals surface area contributed by atoms with Gasteiger partial charge in [0.15, 0.2) is 11.0 Å². The van der Waals surface area contributed by atoms with Gasteiger partial charge in [0, 0.05) is 18.1 Å². The second-order valence-corrected chi connectivity index (χ2v) is 12.3. The zero-order valence-corrected chi connectivity index (χ0v) is 27.4. The number of aromatic nitrogens is 3. The first-order valence-corrected chi connectivity index (χ1v) is 15.8. The molecular formula is C33H30F3N5O4S2. The first-order chi connectivity index (χ1) is 22.4. The zero-order valence-electron chi connectivity index (χ0n) is 25.8. The molecule has 1 aliphatic rings. The van der Waals surface area contributed by atoms with Crippen molar-refractivity contribution in [2.45, 2.75) is 38.3 Å². The van der Waals surface area contributed by atoms with Crippen LogP contribution in [-0.2, 0) is 20.5 Å². The SMILES string of the molecule is COC(=O)C(CC(=S)N=C1SCC(=O)N1c1cc(OC)ccc1C(C)C)c1ccc(-c2ncn(-c3ccc(C(F)(F)F)cc3)n2)cc1. The third-order valence-corrected chi connectivity index (χ3v) is 8.65. The number of amides is 1. The van der Waals surface area contributed by atoms with Crippen LogP contribution in [0, 0.1) is 0 Å². The van der Waals surface area contributed by atoms with Gasteiger partial charge in [0.1, 0.15) is 17.1 Å². The molecule has 0 spiro atoms. The highest BCUT2D eigenvalue weighted by molar-refractivity contribution is 8.15. The molecule has 0 radical (unpaired) electrons. The molecule has 0 aliphatic carbocycles. The highest BCUT2D eigenvalue weighted by Crippen LogP contribution is 2.36. The second-order valence-electron chi connectivity index (χ2n) is 10.8. The van der Waals surface area contributed by atoms with Crippen molar-refractivity contribution in [1.29, 1.82) is 0 Å². The van der Waals surface area contributed by atoms with Crippen molar-refractivity contribution in [3.05, 3.63) is 89.7 Å². The summed E-state index contributed by atoms with van der Waals surface area (Å²) in [4.78, 5) is 36.6. The molecule has 0 bridgehead atoms. The predicted octanol–water partition coefficient (Wildman–Crippen LogP) is 7.20. The van der Waals surface area contributed by atoms with Crippen LogP contribution in [0.15, 0.2) is 78.0 Å². The lowest BCUT2D eigenvalue weighted by Crippen LogP contribution is -2.31. The fraction of sp³-hybridized carbons (Fsp3) is 0.273. The molecule has 47 heavy (non-hydrogen) atoms. The van der Waals surface area contributed by atoms with Crippen LogP contribution in [-0.4, -0.2) is 56.8 Å². The van der Waals surface area contributed by atoms with Gasteiger partial charge in [-0.3, -0.25) is 14.5 Å². The highest BCUT2D eigenvalue weighted by Gasteiger charge is 2.33. The average molecular weight is 682 g/mol. The highest BCUT2D eigenvalue weighted by atomic mass is 32.2. The summed E-state index contributed by atoms with van der Waals surface area (Å²) in [6, 6.07) is 17.1. The maximum absolute atomic E-state index is 13.0. The molecule has 5 rings (SSSR count). The van der Waals surface area contributed by atoms with E-state index >= 15 is 0 Å². The van der Waals surface area contributed by atoms with Gasteiger partial charge in [-0.1, -0.05) is 68.2 Å². The third kappa shape index (κ3) is 7.54. The number of esters is 1. The maximum Gasteiger partial charge on any atom is 0.416 e. The molecule has 1 unspecified atom stereocenters. The molecule has 1 amide bonds. The Labute approximate surface area is 278 Å². The Morgan fingerprint density at radius 2 is 1.77 bits per heavy atom. The molecule has 4 aromatic rings. The third-order valence-electron chi connectivity index (χ3n) is 7.47. The smallest absolute Gasteiger partial charge is 0.416 e. The Balaban J connectivity index is 1.35. The second kappa shape index (κ2) is 14.1. The van der Waals surface area contributed by atoms with E-state index in [-0.39, 0.29) is 29.0 Å². The lowest BCUT2D eigenvalue weighted by atomic mass is 9.94. The first-order valence-electron chi connectivity index (χ1n) is 14.4. The molecule has 14 heteroatoms. The predicted molar refractivity (Wildman–Crippen MR) is 178 cm³/mol. The minimum Gasteiger partial charge on any atom is -0.497 e. The van der Waals surface area contributed by atoms with Crippen LogP contribution in [0.3, 0.4) is 0 Å². The van der Waals surface area contributed by atoms with E-state index in [1.165, 1.54) is 42.0 Å². The Bertz CT molecular complexity index is 1820. The van der Waals surface area contributed by atoms with E-state index in [0.29, 0.717) is 39.2 Å². The Kier molecular flexibility index (Phi) is 10.1. The van der Waals surface area contributed by atoms with Gasteiger partial charge in [-0.25, -0.2) is 14.7 Å². The minimum atomic E-state index is -4.43. The molecule has 0 saturated carbocycles. The van der Waals surface area contributed by atoms with Gasteiger partial charge in [-0.2, -0.15) is 13.2 Å². The van der Waals surface area contributed by atoms with Crippen LogP contribution in [0.25, 0.3) is 17.1 Å². The number of hydrogen-bond donors (Lipinski definition) is 0. The maximum atomic E-state index is 13.0. The number of hydrogen-bond acceptors (Lipinski definition) is 8. The quantitative estimate of drug-likeness (QED) is 0.135. The number of amidine groups is 1. The summed E-state index contributed by atoms with van der Waals surface area (Å²) in [6.45, 7) is 4.07. The monoisotopic (exact) mass is 681 g/mol. The van der Waals surface area contributed by atoms with E-state index in [9.17, 15) is 22.8 Å². The van der Waals surface area contributed by atoms with E-state index in [1.54, 1.807) is 42.3 Å². The molecule has 244 valence electrons. The topological polar surface area (TPSA) is 98.9 Å². The summed E-state index contributed by atoms with van der Waals surface area (Å²) >= 11 is 6.90. The van der Waals surface area contributed by atoms with Gasteiger partial charge in [0.2, 0.25) is 5.91 Å².